The van der Waals surface area contributed by atoms with Crippen molar-refractivity contribution in [3.05, 3.63) is 0 Å². The number of rotatable bonds is 24. The number of esters is 1. The number of alkyl halides is 1. The molecule has 0 fully saturated rings. The highest BCUT2D eigenvalue weighted by Crippen LogP contribution is 2.55. The van der Waals surface area contributed by atoms with Crippen molar-refractivity contribution in [3.63, 3.8) is 0 Å². The maximum atomic E-state index is 14.3. The molecular formula is C28H56FN2O6P. The monoisotopic (exact) mass is 566 g/mol. The zero-order chi connectivity index (χ0) is 28.9. The van der Waals surface area contributed by atoms with Crippen LogP contribution in [-0.2, 0) is 27.9 Å². The number of nitrogens with two attached hydrogens (primary N) is 1. The van der Waals surface area contributed by atoms with Crippen LogP contribution < -0.4 is 11.1 Å². The largest absolute Gasteiger partial charge is 0.458 e. The summed E-state index contributed by atoms with van der Waals surface area (Å²) in [5, 5.41) is 2.68. The highest BCUT2D eigenvalue weighted by molar-refractivity contribution is 7.54. The van der Waals surface area contributed by atoms with Crippen LogP contribution in [0.2, 0.25) is 0 Å². The van der Waals surface area contributed by atoms with Crippen molar-refractivity contribution in [2.24, 2.45) is 5.73 Å². The molecule has 10 heteroatoms. The van der Waals surface area contributed by atoms with Crippen LogP contribution >= 0.6 is 7.60 Å². The number of halogens is 1. The lowest BCUT2D eigenvalue weighted by Gasteiger charge is -2.23. The van der Waals surface area contributed by atoms with Gasteiger partial charge >= 0.3 is 13.6 Å². The number of nitrogens with one attached hydrogen (secondary N) is 1. The van der Waals surface area contributed by atoms with E-state index in [2.05, 4.69) is 5.32 Å². The first-order valence-electron chi connectivity index (χ1n) is 14.7. The van der Waals surface area contributed by atoms with Crippen LogP contribution in [0.5, 0.6) is 0 Å². The van der Waals surface area contributed by atoms with Crippen LogP contribution in [0.15, 0.2) is 0 Å². The summed E-state index contributed by atoms with van der Waals surface area (Å²) in [6, 6.07) is -0.796. The molecule has 8 nitrogen and oxygen atoms in total. The van der Waals surface area contributed by atoms with Crippen molar-refractivity contribution in [3.8, 4) is 0 Å². The van der Waals surface area contributed by atoms with Gasteiger partial charge in [0.05, 0.1) is 13.2 Å². The standard InChI is InChI=1S/C28H56FN2O6P/c1-6-35-38(34,36-7-2)25(29)21-19-17-15-13-11-9-8-10-12-14-16-18-20-22-26(32)31-24(23-30)27(33)37-28(3,4)5/h24-25H,6-23,30H2,1-5H3,(H,31,32). The van der Waals surface area contributed by atoms with E-state index < -0.39 is 31.1 Å². The Labute approximate surface area is 231 Å². The van der Waals surface area contributed by atoms with Gasteiger partial charge in [0, 0.05) is 13.0 Å². The van der Waals surface area contributed by atoms with E-state index in [1.54, 1.807) is 34.6 Å². The number of carbonyl (C=O) groups excluding carboxylic acids is 2. The number of amides is 1. The molecule has 3 N–H and O–H groups in total. The minimum Gasteiger partial charge on any atom is -0.458 e. The van der Waals surface area contributed by atoms with Gasteiger partial charge < -0.3 is 24.8 Å². The zero-order valence-corrected chi connectivity index (χ0v) is 25.6. The van der Waals surface area contributed by atoms with Gasteiger partial charge in [0.15, 0.2) is 0 Å². The summed E-state index contributed by atoms with van der Waals surface area (Å²) in [6.07, 6.45) is 14.6. The molecule has 0 aromatic rings. The Morgan fingerprint density at radius 2 is 1.24 bits per heavy atom. The van der Waals surface area contributed by atoms with Crippen molar-refractivity contribution in [2.45, 2.75) is 148 Å². The molecule has 1 amide bonds. The molecule has 0 aromatic heterocycles. The van der Waals surface area contributed by atoms with Gasteiger partial charge in [0.2, 0.25) is 11.8 Å². The molecule has 0 aliphatic carbocycles. The molecule has 38 heavy (non-hydrogen) atoms. The third-order valence-corrected chi connectivity index (χ3v) is 8.25. The van der Waals surface area contributed by atoms with Crippen LogP contribution in [0.25, 0.3) is 0 Å². The van der Waals surface area contributed by atoms with Crippen LogP contribution in [-0.4, -0.2) is 49.2 Å². The van der Waals surface area contributed by atoms with Gasteiger partial charge in [0.25, 0.3) is 0 Å². The highest BCUT2D eigenvalue weighted by atomic mass is 31.2. The fourth-order valence-corrected chi connectivity index (χ4v) is 5.73. The molecule has 0 aromatic carbocycles. The summed E-state index contributed by atoms with van der Waals surface area (Å²) in [5.74, 6) is -2.19. The van der Waals surface area contributed by atoms with E-state index in [-0.39, 0.29) is 32.1 Å². The summed E-state index contributed by atoms with van der Waals surface area (Å²) >= 11 is 0. The number of unbranched alkanes of at least 4 members (excludes halogenated alkanes) is 12. The molecule has 2 atom stereocenters. The Morgan fingerprint density at radius 1 is 0.816 bits per heavy atom. The van der Waals surface area contributed by atoms with E-state index in [9.17, 15) is 18.5 Å². The van der Waals surface area contributed by atoms with Gasteiger partial charge in [0.1, 0.15) is 11.6 Å². The second kappa shape index (κ2) is 21.8. The number of hydrogen-bond acceptors (Lipinski definition) is 7. The van der Waals surface area contributed by atoms with E-state index in [1.165, 1.54) is 38.5 Å². The Hall–Kier alpha value is -1.02. The number of ether oxygens (including phenoxy) is 1. The first-order valence-corrected chi connectivity index (χ1v) is 16.3. The lowest BCUT2D eigenvalue weighted by atomic mass is 10.0. The third-order valence-electron chi connectivity index (χ3n) is 6.07. The van der Waals surface area contributed by atoms with Crippen LogP contribution in [0.1, 0.15) is 131 Å². The maximum Gasteiger partial charge on any atom is 0.364 e. The fraction of sp³-hybridized carbons (Fsp3) is 0.929. The van der Waals surface area contributed by atoms with Crippen LogP contribution in [0.4, 0.5) is 4.39 Å². The highest BCUT2D eigenvalue weighted by Gasteiger charge is 2.35. The van der Waals surface area contributed by atoms with Gasteiger partial charge in [-0.3, -0.25) is 9.36 Å². The molecular weight excluding hydrogens is 510 g/mol. The number of hydrogen-bond donors (Lipinski definition) is 2. The Balaban J connectivity index is 3.64. The molecule has 0 saturated carbocycles. The molecule has 0 aliphatic heterocycles. The van der Waals surface area contributed by atoms with E-state index >= 15 is 0 Å². The average Bonchev–Trinajstić information content (AvgIpc) is 2.83. The van der Waals surface area contributed by atoms with Crippen molar-refractivity contribution >= 4 is 19.5 Å². The quantitative estimate of drug-likeness (QED) is 0.0721. The first-order chi connectivity index (χ1) is 18.0. The SMILES string of the molecule is CCOP(=O)(OCC)C(F)CCCCCCCCCCCCCCCC(=O)NC(CN)C(=O)OC(C)(C)C. The van der Waals surface area contributed by atoms with E-state index in [0.717, 1.165) is 38.5 Å². The summed E-state index contributed by atoms with van der Waals surface area (Å²) in [5.41, 5.74) is 5.01. The molecule has 0 rings (SSSR count). The predicted octanol–water partition coefficient (Wildman–Crippen LogP) is 7.18. The lowest BCUT2D eigenvalue weighted by Crippen LogP contribution is -2.48. The molecule has 0 saturated heterocycles. The molecule has 0 heterocycles. The third kappa shape index (κ3) is 19.1. The van der Waals surface area contributed by atoms with E-state index in [0.29, 0.717) is 12.8 Å². The maximum absolute atomic E-state index is 14.3. The summed E-state index contributed by atoms with van der Waals surface area (Å²) < 4.78 is 42.1. The minimum atomic E-state index is -3.62. The lowest BCUT2D eigenvalue weighted by molar-refractivity contribution is -0.158. The second-order valence-corrected chi connectivity index (χ2v) is 13.0. The Bertz CT molecular complexity index is 664. The predicted molar refractivity (Wildman–Crippen MR) is 152 cm³/mol. The molecule has 0 spiro atoms. The fourth-order valence-electron chi connectivity index (χ4n) is 4.11. The van der Waals surface area contributed by atoms with Gasteiger partial charge in [-0.1, -0.05) is 70.6 Å². The van der Waals surface area contributed by atoms with Gasteiger partial charge in [-0.15, -0.1) is 0 Å². The average molecular weight is 567 g/mol. The van der Waals surface area contributed by atoms with Crippen LogP contribution in [0.3, 0.4) is 0 Å². The molecule has 0 aliphatic rings. The normalized spacial score (nSPS) is 13.8. The van der Waals surface area contributed by atoms with Crippen molar-refractivity contribution < 1.29 is 32.3 Å². The summed E-state index contributed by atoms with van der Waals surface area (Å²) in [6.45, 7) is 9.13. The second-order valence-electron chi connectivity index (χ2n) is 10.8. The smallest absolute Gasteiger partial charge is 0.364 e. The molecule has 0 bridgehead atoms. The molecule has 226 valence electrons. The van der Waals surface area contributed by atoms with Crippen LogP contribution in [0, 0.1) is 0 Å². The van der Waals surface area contributed by atoms with Crippen molar-refractivity contribution in [1.29, 1.82) is 0 Å². The topological polar surface area (TPSA) is 117 Å². The Kier molecular flexibility index (Phi) is 21.2. The Morgan fingerprint density at radius 3 is 1.63 bits per heavy atom. The van der Waals surface area contributed by atoms with Gasteiger partial charge in [-0.25, -0.2) is 9.18 Å². The minimum absolute atomic E-state index is 0.0221. The molecule has 0 radical (unpaired) electrons. The van der Waals surface area contributed by atoms with E-state index in [1.807, 2.05) is 0 Å². The molecule has 2 unspecified atom stereocenters. The van der Waals surface area contributed by atoms with Gasteiger partial charge in [-0.2, -0.15) is 0 Å². The van der Waals surface area contributed by atoms with Gasteiger partial charge in [-0.05, 0) is 53.9 Å². The van der Waals surface area contributed by atoms with E-state index in [4.69, 9.17) is 19.5 Å². The number of carbonyl (C=O) groups is 2. The first kappa shape index (κ1) is 37.0. The zero-order valence-electron chi connectivity index (χ0n) is 24.7. The summed E-state index contributed by atoms with van der Waals surface area (Å²) in [4.78, 5) is 24.2. The van der Waals surface area contributed by atoms with Crippen molar-refractivity contribution in [2.75, 3.05) is 19.8 Å². The van der Waals surface area contributed by atoms with Crippen molar-refractivity contribution in [1.82, 2.24) is 5.32 Å². The summed E-state index contributed by atoms with van der Waals surface area (Å²) in [7, 11) is -3.62.